The van der Waals surface area contributed by atoms with E-state index in [-0.39, 0.29) is 17.4 Å². The number of benzene rings is 2. The fraction of sp³-hybridized carbons (Fsp3) is 0.250. The van der Waals surface area contributed by atoms with E-state index in [9.17, 15) is 12.8 Å². The number of hydrogen-bond acceptors (Lipinski definition) is 2. The van der Waals surface area contributed by atoms with Crippen LogP contribution in [0.2, 0.25) is 0 Å². The molecule has 0 radical (unpaired) electrons. The molecular weight excluding hydrogens is 289 g/mol. The van der Waals surface area contributed by atoms with E-state index in [0.29, 0.717) is 6.42 Å². The highest BCUT2D eigenvalue weighted by atomic mass is 32.2. The van der Waals surface area contributed by atoms with Crippen molar-refractivity contribution in [1.29, 1.82) is 0 Å². The van der Waals surface area contributed by atoms with Crippen LogP contribution in [0.5, 0.6) is 0 Å². The Morgan fingerprint density at radius 3 is 2.29 bits per heavy atom. The molecule has 0 aromatic heterocycles. The molecule has 112 valence electrons. The van der Waals surface area contributed by atoms with E-state index in [0.717, 1.165) is 5.56 Å². The molecule has 3 nitrogen and oxygen atoms in total. The first kappa shape index (κ1) is 15.7. The second-order valence-corrected chi connectivity index (χ2v) is 6.59. The molecule has 2 rings (SSSR count). The number of nitrogens with one attached hydrogen (secondary N) is 1. The molecule has 1 atom stereocenters. The number of rotatable bonds is 6. The van der Waals surface area contributed by atoms with Gasteiger partial charge in [0.1, 0.15) is 5.82 Å². The largest absolute Gasteiger partial charge is 0.216 e. The third-order valence-corrected chi connectivity index (χ3v) is 4.57. The Balaban J connectivity index is 2.15. The van der Waals surface area contributed by atoms with Crippen LogP contribution in [0.4, 0.5) is 4.39 Å². The predicted octanol–water partition coefficient (Wildman–Crippen LogP) is 3.40. The number of halogens is 1. The lowest BCUT2D eigenvalue weighted by molar-refractivity contribution is 0.546. The Morgan fingerprint density at radius 1 is 1.05 bits per heavy atom. The Kier molecular flexibility index (Phi) is 5.09. The lowest BCUT2D eigenvalue weighted by Crippen LogP contribution is -2.29. The molecule has 0 heterocycles. The van der Waals surface area contributed by atoms with Gasteiger partial charge in [-0.2, -0.15) is 0 Å². The standard InChI is InChI=1S/C16H18FNO2S/c1-2-16(13-8-4-3-5-9-13)18-21(19,20)12-14-10-6-7-11-15(14)17/h3-11,16,18H,2,12H2,1H3/t16-/m1/s1. The summed E-state index contributed by atoms with van der Waals surface area (Å²) >= 11 is 0. The van der Waals surface area contributed by atoms with E-state index in [2.05, 4.69) is 4.72 Å². The van der Waals surface area contributed by atoms with Crippen LogP contribution < -0.4 is 4.72 Å². The molecule has 1 N–H and O–H groups in total. The van der Waals surface area contributed by atoms with Crippen molar-refractivity contribution in [2.45, 2.75) is 25.1 Å². The van der Waals surface area contributed by atoms with Crippen LogP contribution in [0.15, 0.2) is 54.6 Å². The van der Waals surface area contributed by atoms with Crippen LogP contribution >= 0.6 is 0 Å². The Morgan fingerprint density at radius 2 is 1.67 bits per heavy atom. The van der Waals surface area contributed by atoms with E-state index in [1.165, 1.54) is 18.2 Å². The molecule has 0 saturated carbocycles. The third-order valence-electron chi connectivity index (χ3n) is 3.24. The van der Waals surface area contributed by atoms with Crippen molar-refractivity contribution in [3.8, 4) is 0 Å². The molecular formula is C16H18FNO2S. The molecule has 0 saturated heterocycles. The van der Waals surface area contributed by atoms with E-state index < -0.39 is 15.8 Å². The molecule has 0 aliphatic heterocycles. The quantitative estimate of drug-likeness (QED) is 0.889. The van der Waals surface area contributed by atoms with Gasteiger partial charge in [0, 0.05) is 11.6 Å². The summed E-state index contributed by atoms with van der Waals surface area (Å²) in [5, 5.41) is 0. The van der Waals surface area contributed by atoms with Gasteiger partial charge in [0.05, 0.1) is 5.75 Å². The molecule has 0 aliphatic rings. The Bertz CT molecular complexity index is 686. The van der Waals surface area contributed by atoms with Gasteiger partial charge < -0.3 is 0 Å². The summed E-state index contributed by atoms with van der Waals surface area (Å²) in [7, 11) is -3.61. The predicted molar refractivity (Wildman–Crippen MR) is 81.6 cm³/mol. The van der Waals surface area contributed by atoms with Gasteiger partial charge in [-0.15, -0.1) is 0 Å². The van der Waals surface area contributed by atoms with Gasteiger partial charge in [-0.05, 0) is 18.1 Å². The van der Waals surface area contributed by atoms with Crippen LogP contribution in [0.25, 0.3) is 0 Å². The van der Waals surface area contributed by atoms with Crippen LogP contribution in [0, 0.1) is 5.82 Å². The summed E-state index contributed by atoms with van der Waals surface area (Å²) in [6.07, 6.45) is 0.626. The molecule has 2 aromatic carbocycles. The lowest BCUT2D eigenvalue weighted by Gasteiger charge is -2.17. The summed E-state index contributed by atoms with van der Waals surface area (Å²) in [5.41, 5.74) is 1.07. The van der Waals surface area contributed by atoms with Crippen LogP contribution in [0.3, 0.4) is 0 Å². The minimum absolute atomic E-state index is 0.174. The van der Waals surface area contributed by atoms with Gasteiger partial charge >= 0.3 is 0 Å². The van der Waals surface area contributed by atoms with Crippen molar-refractivity contribution in [2.24, 2.45) is 0 Å². The summed E-state index contributed by atoms with van der Waals surface area (Å²) in [6.45, 7) is 1.91. The van der Waals surface area contributed by atoms with Crippen LogP contribution in [-0.2, 0) is 15.8 Å². The maximum atomic E-state index is 13.6. The second kappa shape index (κ2) is 6.83. The summed E-state index contributed by atoms with van der Waals surface area (Å²) in [5.74, 6) is -0.862. The zero-order valence-electron chi connectivity index (χ0n) is 11.8. The fourth-order valence-corrected chi connectivity index (χ4v) is 3.61. The van der Waals surface area contributed by atoms with Gasteiger partial charge in [0.25, 0.3) is 0 Å². The van der Waals surface area contributed by atoms with Crippen molar-refractivity contribution in [2.75, 3.05) is 0 Å². The lowest BCUT2D eigenvalue weighted by atomic mass is 10.1. The number of sulfonamides is 1. The highest BCUT2D eigenvalue weighted by Gasteiger charge is 2.19. The van der Waals surface area contributed by atoms with Gasteiger partial charge in [-0.25, -0.2) is 17.5 Å². The minimum Gasteiger partial charge on any atom is -0.212 e. The number of hydrogen-bond donors (Lipinski definition) is 1. The van der Waals surface area contributed by atoms with Crippen molar-refractivity contribution in [3.05, 3.63) is 71.5 Å². The smallest absolute Gasteiger partial charge is 0.212 e. The summed E-state index contributed by atoms with van der Waals surface area (Å²) in [6, 6.07) is 15.0. The van der Waals surface area contributed by atoms with Gasteiger partial charge in [0.15, 0.2) is 0 Å². The topological polar surface area (TPSA) is 46.2 Å². The SMILES string of the molecule is CC[C@@H](NS(=O)(=O)Cc1ccccc1F)c1ccccc1. The van der Waals surface area contributed by atoms with E-state index in [1.807, 2.05) is 37.3 Å². The monoisotopic (exact) mass is 307 g/mol. The molecule has 0 spiro atoms. The van der Waals surface area contributed by atoms with Crippen LogP contribution in [0.1, 0.15) is 30.5 Å². The van der Waals surface area contributed by atoms with Crippen LogP contribution in [-0.4, -0.2) is 8.42 Å². The zero-order chi connectivity index (χ0) is 15.3. The normalized spacial score (nSPS) is 13.0. The summed E-state index contributed by atoms with van der Waals surface area (Å²) < 4.78 is 40.6. The molecule has 2 aromatic rings. The van der Waals surface area contributed by atoms with Gasteiger partial charge in [-0.3, -0.25) is 0 Å². The minimum atomic E-state index is -3.61. The van der Waals surface area contributed by atoms with Crippen molar-refractivity contribution >= 4 is 10.0 Å². The fourth-order valence-electron chi connectivity index (χ4n) is 2.15. The van der Waals surface area contributed by atoms with Gasteiger partial charge in [-0.1, -0.05) is 55.5 Å². The van der Waals surface area contributed by atoms with Gasteiger partial charge in [0.2, 0.25) is 10.0 Å². The molecule has 0 aliphatic carbocycles. The molecule has 0 bridgehead atoms. The maximum Gasteiger partial charge on any atom is 0.216 e. The van der Waals surface area contributed by atoms with E-state index >= 15 is 0 Å². The van der Waals surface area contributed by atoms with Crippen molar-refractivity contribution in [1.82, 2.24) is 4.72 Å². The molecule has 21 heavy (non-hydrogen) atoms. The maximum absolute atomic E-state index is 13.6. The molecule has 0 amide bonds. The highest BCUT2D eigenvalue weighted by molar-refractivity contribution is 7.88. The average Bonchev–Trinajstić information content (AvgIpc) is 2.48. The van der Waals surface area contributed by atoms with E-state index in [4.69, 9.17) is 0 Å². The second-order valence-electron chi connectivity index (χ2n) is 4.84. The Hall–Kier alpha value is -1.72. The first-order valence-corrected chi connectivity index (χ1v) is 8.45. The van der Waals surface area contributed by atoms with Crippen molar-refractivity contribution < 1.29 is 12.8 Å². The molecule has 0 fully saturated rings. The third kappa shape index (κ3) is 4.37. The highest BCUT2D eigenvalue weighted by Crippen LogP contribution is 2.19. The average molecular weight is 307 g/mol. The Labute approximate surface area is 124 Å². The first-order valence-electron chi connectivity index (χ1n) is 6.80. The molecule has 0 unspecified atom stereocenters. The van der Waals surface area contributed by atoms with E-state index in [1.54, 1.807) is 6.07 Å². The zero-order valence-corrected chi connectivity index (χ0v) is 12.6. The first-order chi connectivity index (χ1) is 10.0. The van der Waals surface area contributed by atoms with Crippen molar-refractivity contribution in [3.63, 3.8) is 0 Å². The molecule has 5 heteroatoms. The summed E-state index contributed by atoms with van der Waals surface area (Å²) in [4.78, 5) is 0.